The topological polar surface area (TPSA) is 66.6 Å². The van der Waals surface area contributed by atoms with Gasteiger partial charge in [-0.25, -0.2) is 0 Å². The Morgan fingerprint density at radius 3 is 3.00 bits per heavy atom. The summed E-state index contributed by atoms with van der Waals surface area (Å²) in [6.45, 7) is 2.28. The SMILES string of the molecule is Cc1nn(C)cc1CN=[N+]=[N-]. The second-order valence-corrected chi connectivity index (χ2v) is 2.30. The van der Waals surface area contributed by atoms with Crippen molar-refractivity contribution in [3.63, 3.8) is 0 Å². The molecular formula is C6H9N5. The molecule has 0 atom stereocenters. The Morgan fingerprint density at radius 1 is 1.82 bits per heavy atom. The lowest BCUT2D eigenvalue weighted by atomic mass is 10.3. The lowest BCUT2D eigenvalue weighted by molar-refractivity contribution is 0.756. The third kappa shape index (κ3) is 1.72. The van der Waals surface area contributed by atoms with Crippen molar-refractivity contribution in [3.05, 3.63) is 27.9 Å². The van der Waals surface area contributed by atoms with Crippen molar-refractivity contribution in [1.29, 1.82) is 0 Å². The predicted molar refractivity (Wildman–Crippen MR) is 40.8 cm³/mol. The monoisotopic (exact) mass is 151 g/mol. The van der Waals surface area contributed by atoms with Crippen LogP contribution >= 0.6 is 0 Å². The zero-order chi connectivity index (χ0) is 8.27. The van der Waals surface area contributed by atoms with Gasteiger partial charge in [0.2, 0.25) is 0 Å². The van der Waals surface area contributed by atoms with Crippen molar-refractivity contribution >= 4 is 0 Å². The molecule has 0 saturated carbocycles. The normalized spacial score (nSPS) is 9.27. The largest absolute Gasteiger partial charge is 0.275 e. The van der Waals surface area contributed by atoms with Gasteiger partial charge in [0.1, 0.15) is 0 Å². The fraction of sp³-hybridized carbons (Fsp3) is 0.500. The maximum Gasteiger partial charge on any atom is 0.0626 e. The van der Waals surface area contributed by atoms with Crippen LogP contribution in [0.5, 0.6) is 0 Å². The molecule has 0 radical (unpaired) electrons. The van der Waals surface area contributed by atoms with Crippen molar-refractivity contribution in [2.24, 2.45) is 12.2 Å². The summed E-state index contributed by atoms with van der Waals surface area (Å²) in [6.07, 6.45) is 1.85. The van der Waals surface area contributed by atoms with E-state index in [1.165, 1.54) is 0 Å². The number of aromatic nitrogens is 2. The highest BCUT2D eigenvalue weighted by atomic mass is 15.3. The van der Waals surface area contributed by atoms with Crippen LogP contribution in [0.3, 0.4) is 0 Å². The van der Waals surface area contributed by atoms with Gasteiger partial charge in [0.25, 0.3) is 0 Å². The smallest absolute Gasteiger partial charge is 0.0626 e. The number of aryl methyl sites for hydroxylation is 2. The fourth-order valence-electron chi connectivity index (χ4n) is 0.912. The first-order chi connectivity index (χ1) is 5.24. The molecule has 0 bridgehead atoms. The molecule has 0 aliphatic rings. The Labute approximate surface area is 64.3 Å². The van der Waals surface area contributed by atoms with E-state index in [2.05, 4.69) is 15.1 Å². The van der Waals surface area contributed by atoms with Gasteiger partial charge in [-0.3, -0.25) is 4.68 Å². The van der Waals surface area contributed by atoms with Crippen LogP contribution in [0, 0.1) is 6.92 Å². The molecule has 58 valence electrons. The predicted octanol–water partition coefficient (Wildman–Crippen LogP) is 1.54. The molecule has 0 aliphatic carbocycles. The minimum atomic E-state index is 0.385. The van der Waals surface area contributed by atoms with E-state index in [1.807, 2.05) is 20.2 Å². The molecule has 0 aliphatic heterocycles. The molecule has 0 aromatic carbocycles. The maximum atomic E-state index is 8.06. The zero-order valence-corrected chi connectivity index (χ0v) is 6.52. The Morgan fingerprint density at radius 2 is 2.55 bits per heavy atom. The fourth-order valence-corrected chi connectivity index (χ4v) is 0.912. The number of hydrogen-bond donors (Lipinski definition) is 0. The van der Waals surface area contributed by atoms with Crippen LogP contribution in [0.25, 0.3) is 10.4 Å². The number of azide groups is 1. The van der Waals surface area contributed by atoms with E-state index in [1.54, 1.807) is 4.68 Å². The lowest BCUT2D eigenvalue weighted by Crippen LogP contribution is -1.86. The van der Waals surface area contributed by atoms with Gasteiger partial charge in [-0.1, -0.05) is 5.11 Å². The van der Waals surface area contributed by atoms with E-state index < -0.39 is 0 Å². The van der Waals surface area contributed by atoms with E-state index in [4.69, 9.17) is 5.53 Å². The van der Waals surface area contributed by atoms with Crippen molar-refractivity contribution in [1.82, 2.24) is 9.78 Å². The number of hydrogen-bond acceptors (Lipinski definition) is 2. The average molecular weight is 151 g/mol. The van der Waals surface area contributed by atoms with Crippen molar-refractivity contribution in [2.45, 2.75) is 13.5 Å². The van der Waals surface area contributed by atoms with Crippen molar-refractivity contribution < 1.29 is 0 Å². The van der Waals surface area contributed by atoms with Crippen LogP contribution in [-0.2, 0) is 13.6 Å². The first-order valence-electron chi connectivity index (χ1n) is 3.24. The summed E-state index contributed by atoms with van der Waals surface area (Å²) >= 11 is 0. The molecule has 0 saturated heterocycles. The summed E-state index contributed by atoms with van der Waals surface area (Å²) in [7, 11) is 1.84. The molecule has 1 aromatic rings. The molecule has 5 nitrogen and oxygen atoms in total. The Hall–Kier alpha value is -1.48. The second kappa shape index (κ2) is 3.07. The van der Waals surface area contributed by atoms with E-state index in [9.17, 15) is 0 Å². The summed E-state index contributed by atoms with van der Waals surface area (Å²) in [5.74, 6) is 0. The molecule has 0 spiro atoms. The number of rotatable bonds is 2. The molecule has 1 heterocycles. The first kappa shape index (κ1) is 7.63. The minimum absolute atomic E-state index is 0.385. The standard InChI is InChI=1S/C6H9N5/c1-5-6(3-8-10-7)4-11(2)9-5/h4H,3H2,1-2H3. The summed E-state index contributed by atoms with van der Waals surface area (Å²) in [5, 5.41) is 7.54. The van der Waals surface area contributed by atoms with Crippen LogP contribution < -0.4 is 0 Å². The Balaban J connectivity index is 2.85. The van der Waals surface area contributed by atoms with Gasteiger partial charge in [-0.2, -0.15) is 5.10 Å². The third-order valence-corrected chi connectivity index (χ3v) is 1.42. The van der Waals surface area contributed by atoms with Crippen molar-refractivity contribution in [2.75, 3.05) is 0 Å². The highest BCUT2D eigenvalue weighted by Crippen LogP contribution is 2.05. The minimum Gasteiger partial charge on any atom is -0.275 e. The van der Waals surface area contributed by atoms with Gasteiger partial charge >= 0.3 is 0 Å². The van der Waals surface area contributed by atoms with Crippen LogP contribution in [0.15, 0.2) is 11.3 Å². The molecule has 0 amide bonds. The highest BCUT2D eigenvalue weighted by Gasteiger charge is 1.99. The molecule has 0 fully saturated rings. The second-order valence-electron chi connectivity index (χ2n) is 2.30. The zero-order valence-electron chi connectivity index (χ0n) is 6.52. The maximum absolute atomic E-state index is 8.06. The Bertz CT molecular complexity index is 294. The molecule has 5 heteroatoms. The third-order valence-electron chi connectivity index (χ3n) is 1.42. The summed E-state index contributed by atoms with van der Waals surface area (Å²) in [4.78, 5) is 2.67. The van der Waals surface area contributed by atoms with Crippen LogP contribution in [-0.4, -0.2) is 9.78 Å². The van der Waals surface area contributed by atoms with E-state index in [0.717, 1.165) is 11.3 Å². The average Bonchev–Trinajstić information content (AvgIpc) is 2.26. The van der Waals surface area contributed by atoms with E-state index in [-0.39, 0.29) is 0 Å². The van der Waals surface area contributed by atoms with Gasteiger partial charge in [-0.15, -0.1) is 0 Å². The summed E-state index contributed by atoms with van der Waals surface area (Å²) in [6, 6.07) is 0. The molecule has 0 unspecified atom stereocenters. The number of nitrogens with zero attached hydrogens (tertiary/aromatic N) is 5. The van der Waals surface area contributed by atoms with E-state index in [0.29, 0.717) is 6.54 Å². The van der Waals surface area contributed by atoms with Crippen LogP contribution in [0.4, 0.5) is 0 Å². The van der Waals surface area contributed by atoms with Crippen LogP contribution in [0.2, 0.25) is 0 Å². The van der Waals surface area contributed by atoms with Gasteiger partial charge in [-0.05, 0) is 18.0 Å². The quantitative estimate of drug-likeness (QED) is 0.359. The van der Waals surface area contributed by atoms with Gasteiger partial charge in [0, 0.05) is 18.2 Å². The van der Waals surface area contributed by atoms with Gasteiger partial charge in [0.15, 0.2) is 0 Å². The summed E-state index contributed by atoms with van der Waals surface area (Å²) < 4.78 is 1.71. The molecule has 11 heavy (non-hydrogen) atoms. The molecule has 1 aromatic heterocycles. The molecule has 0 N–H and O–H groups in total. The van der Waals surface area contributed by atoms with Gasteiger partial charge < -0.3 is 0 Å². The van der Waals surface area contributed by atoms with E-state index >= 15 is 0 Å². The van der Waals surface area contributed by atoms with Gasteiger partial charge in [0.05, 0.1) is 12.2 Å². The van der Waals surface area contributed by atoms with Crippen LogP contribution in [0.1, 0.15) is 11.3 Å². The molecular weight excluding hydrogens is 142 g/mol. The Kier molecular flexibility index (Phi) is 2.13. The lowest BCUT2D eigenvalue weighted by Gasteiger charge is -1.86. The first-order valence-corrected chi connectivity index (χ1v) is 3.24. The summed E-state index contributed by atoms with van der Waals surface area (Å²) in [5.41, 5.74) is 9.95. The highest BCUT2D eigenvalue weighted by molar-refractivity contribution is 5.14. The van der Waals surface area contributed by atoms with Crippen molar-refractivity contribution in [3.8, 4) is 0 Å². The molecule has 1 rings (SSSR count).